The van der Waals surface area contributed by atoms with Crippen molar-refractivity contribution in [2.75, 3.05) is 25.0 Å². The third kappa shape index (κ3) is 7.00. The van der Waals surface area contributed by atoms with E-state index in [0.29, 0.717) is 35.5 Å². The van der Waals surface area contributed by atoms with E-state index in [2.05, 4.69) is 58.3 Å². The maximum Gasteiger partial charge on any atom is 0.255 e. The maximum absolute atomic E-state index is 13.3. The summed E-state index contributed by atoms with van der Waals surface area (Å²) in [6, 6.07) is 12.5. The molecule has 3 aliphatic rings. The van der Waals surface area contributed by atoms with Crippen LogP contribution in [0.3, 0.4) is 0 Å². The smallest absolute Gasteiger partial charge is 0.255 e. The number of benzene rings is 1. The van der Waals surface area contributed by atoms with Crippen LogP contribution in [0, 0.1) is 5.92 Å². The molecule has 0 fully saturated rings. The number of rotatable bonds is 9. The molecule has 1 atom stereocenters. The molecule has 214 valence electrons. The van der Waals surface area contributed by atoms with Crippen LogP contribution in [0.1, 0.15) is 56.4 Å². The summed E-state index contributed by atoms with van der Waals surface area (Å²) in [5, 5.41) is 3.03. The Kier molecular flexibility index (Phi) is 9.09. The summed E-state index contributed by atoms with van der Waals surface area (Å²) in [6.07, 6.45) is 11.1. The Labute approximate surface area is 242 Å². The van der Waals surface area contributed by atoms with Crippen molar-refractivity contribution in [3.8, 4) is 0 Å². The van der Waals surface area contributed by atoms with Crippen LogP contribution in [0.15, 0.2) is 82.7 Å². The second-order valence-electron chi connectivity index (χ2n) is 11.1. The summed E-state index contributed by atoms with van der Waals surface area (Å²) in [6.45, 7) is 8.25. The Balaban J connectivity index is 1.26. The predicted molar refractivity (Wildman–Crippen MR) is 163 cm³/mol. The molecule has 2 aromatic rings. The van der Waals surface area contributed by atoms with Crippen molar-refractivity contribution >= 4 is 23.3 Å². The first kappa shape index (κ1) is 28.5. The fraction of sp³-hybridized carbons (Fsp3) is 0.394. The Hall–Kier alpha value is -4.04. The average Bonchev–Trinajstić information content (AvgIpc) is 3.14. The standard InChI is InChI=1S/C33H40N6O2/c1-3-13-39(14-4-2)33(41)26-16-24-10-11-25(18-30(24)37-31(34)19-26)32(40)36-28-17-27-22-38(15-12-29(27)35-20-28)21-23-8-6-5-7-9-23/h5-9,11,16-18,20,24H,3-4,10,12-15,19,21-22H2,1-2H3,(H2,34,37)(H,36,40). The minimum atomic E-state index is -0.204. The molecule has 5 rings (SSSR count). The zero-order chi connectivity index (χ0) is 28.8. The first-order valence-electron chi connectivity index (χ1n) is 14.7. The van der Waals surface area contributed by atoms with E-state index >= 15 is 0 Å². The Bertz CT molecular complexity index is 1400. The number of hydrogen-bond donors (Lipinski definition) is 2. The lowest BCUT2D eigenvalue weighted by Crippen LogP contribution is -2.34. The lowest BCUT2D eigenvalue weighted by Gasteiger charge is -2.28. The minimum Gasteiger partial charge on any atom is -0.387 e. The molecule has 1 aromatic heterocycles. The van der Waals surface area contributed by atoms with Crippen LogP contribution in [-0.2, 0) is 29.1 Å². The van der Waals surface area contributed by atoms with Gasteiger partial charge in [0.1, 0.15) is 5.84 Å². The Morgan fingerprint density at radius 3 is 2.68 bits per heavy atom. The monoisotopic (exact) mass is 552 g/mol. The van der Waals surface area contributed by atoms with Crippen LogP contribution in [0.25, 0.3) is 0 Å². The number of allylic oxidation sites excluding steroid dienone is 2. The number of amides is 2. The summed E-state index contributed by atoms with van der Waals surface area (Å²) >= 11 is 0. The van der Waals surface area contributed by atoms with Gasteiger partial charge in [0.25, 0.3) is 5.91 Å². The van der Waals surface area contributed by atoms with Gasteiger partial charge in [0.05, 0.1) is 17.6 Å². The molecule has 8 nitrogen and oxygen atoms in total. The normalized spacial score (nSPS) is 18.5. The second-order valence-corrected chi connectivity index (χ2v) is 11.1. The van der Waals surface area contributed by atoms with E-state index in [9.17, 15) is 9.59 Å². The zero-order valence-corrected chi connectivity index (χ0v) is 24.1. The number of anilines is 1. The Morgan fingerprint density at radius 1 is 1.15 bits per heavy atom. The molecule has 41 heavy (non-hydrogen) atoms. The molecule has 3 heterocycles. The summed E-state index contributed by atoms with van der Waals surface area (Å²) in [7, 11) is 0. The van der Waals surface area contributed by atoms with E-state index in [1.807, 2.05) is 29.2 Å². The Morgan fingerprint density at radius 2 is 1.93 bits per heavy atom. The van der Waals surface area contributed by atoms with Gasteiger partial charge in [0.15, 0.2) is 0 Å². The van der Waals surface area contributed by atoms with Gasteiger partial charge in [-0.15, -0.1) is 0 Å². The van der Waals surface area contributed by atoms with Crippen molar-refractivity contribution in [2.24, 2.45) is 16.6 Å². The summed E-state index contributed by atoms with van der Waals surface area (Å²) in [5.41, 5.74) is 12.4. The van der Waals surface area contributed by atoms with E-state index in [1.165, 1.54) is 5.56 Å². The number of pyridine rings is 1. The van der Waals surface area contributed by atoms with Crippen molar-refractivity contribution in [2.45, 2.75) is 59.0 Å². The largest absolute Gasteiger partial charge is 0.387 e. The average molecular weight is 553 g/mol. The number of nitrogens with zero attached hydrogens (tertiary/aromatic N) is 4. The number of nitrogens with two attached hydrogens (primary N) is 1. The molecule has 3 N–H and O–H groups in total. The zero-order valence-electron chi connectivity index (χ0n) is 24.1. The number of aliphatic imine (C=N–C) groups is 1. The van der Waals surface area contributed by atoms with Crippen LogP contribution in [0.4, 0.5) is 5.69 Å². The van der Waals surface area contributed by atoms with E-state index in [0.717, 1.165) is 68.9 Å². The highest BCUT2D eigenvalue weighted by molar-refractivity contribution is 6.06. The summed E-state index contributed by atoms with van der Waals surface area (Å²) in [5.74, 6) is 0.137. The lowest BCUT2D eigenvalue weighted by atomic mass is 9.91. The molecule has 2 aliphatic heterocycles. The number of amidine groups is 1. The quantitative estimate of drug-likeness (QED) is 0.468. The summed E-state index contributed by atoms with van der Waals surface area (Å²) < 4.78 is 0. The fourth-order valence-electron chi connectivity index (χ4n) is 5.77. The second kappa shape index (κ2) is 13.1. The van der Waals surface area contributed by atoms with Crippen molar-refractivity contribution < 1.29 is 9.59 Å². The number of fused-ring (bicyclic) bond motifs is 2. The van der Waals surface area contributed by atoms with Crippen molar-refractivity contribution in [1.29, 1.82) is 0 Å². The molecule has 2 amide bonds. The molecule has 1 aliphatic carbocycles. The molecule has 0 saturated heterocycles. The SMILES string of the molecule is CCCN(CCC)C(=O)C1=CC2CC=C(C(=O)Nc3cnc4c(c3)CN(Cc3ccccc3)CC4)C=C2N=C(N)C1. The molecule has 0 saturated carbocycles. The van der Waals surface area contributed by atoms with Crippen molar-refractivity contribution in [3.05, 3.63) is 94.5 Å². The number of hydrogen-bond acceptors (Lipinski definition) is 6. The van der Waals surface area contributed by atoms with Crippen molar-refractivity contribution in [3.63, 3.8) is 0 Å². The van der Waals surface area contributed by atoms with Crippen LogP contribution in [-0.4, -0.2) is 52.1 Å². The molecule has 0 spiro atoms. The highest BCUT2D eigenvalue weighted by Gasteiger charge is 2.27. The molecule has 1 unspecified atom stereocenters. The molecule has 0 radical (unpaired) electrons. The fourth-order valence-corrected chi connectivity index (χ4v) is 5.77. The van der Waals surface area contributed by atoms with Gasteiger partial charge in [-0.05, 0) is 42.5 Å². The molecular formula is C33H40N6O2. The van der Waals surface area contributed by atoms with Gasteiger partial charge >= 0.3 is 0 Å². The van der Waals surface area contributed by atoms with Crippen LogP contribution >= 0.6 is 0 Å². The van der Waals surface area contributed by atoms with Crippen molar-refractivity contribution in [1.82, 2.24) is 14.8 Å². The van der Waals surface area contributed by atoms with Gasteiger partial charge in [-0.2, -0.15) is 0 Å². The van der Waals surface area contributed by atoms with Gasteiger partial charge in [-0.3, -0.25) is 19.5 Å². The number of carbonyl (C=O) groups excluding carboxylic acids is 2. The highest BCUT2D eigenvalue weighted by Crippen LogP contribution is 2.31. The van der Waals surface area contributed by atoms with Crippen LogP contribution in [0.5, 0.6) is 0 Å². The van der Waals surface area contributed by atoms with Gasteiger partial charge in [0.2, 0.25) is 5.91 Å². The maximum atomic E-state index is 13.3. The predicted octanol–water partition coefficient (Wildman–Crippen LogP) is 4.74. The van der Waals surface area contributed by atoms with Crippen LogP contribution < -0.4 is 11.1 Å². The van der Waals surface area contributed by atoms with Gasteiger partial charge in [-0.25, -0.2) is 4.99 Å². The number of nitrogens with one attached hydrogen (secondary N) is 1. The number of carbonyl (C=O) groups is 2. The van der Waals surface area contributed by atoms with E-state index in [4.69, 9.17) is 5.73 Å². The molecular weight excluding hydrogens is 512 g/mol. The molecule has 8 heteroatoms. The van der Waals surface area contributed by atoms with Gasteiger partial charge < -0.3 is 16.0 Å². The van der Waals surface area contributed by atoms with Crippen LogP contribution in [0.2, 0.25) is 0 Å². The number of aromatic nitrogens is 1. The molecule has 0 bridgehead atoms. The highest BCUT2D eigenvalue weighted by atomic mass is 16.2. The van der Waals surface area contributed by atoms with E-state index in [1.54, 1.807) is 12.3 Å². The third-order valence-electron chi connectivity index (χ3n) is 7.76. The first-order chi connectivity index (χ1) is 19.9. The first-order valence-corrected chi connectivity index (χ1v) is 14.7. The third-order valence-corrected chi connectivity index (χ3v) is 7.76. The molecule has 1 aromatic carbocycles. The van der Waals surface area contributed by atoms with E-state index < -0.39 is 0 Å². The summed E-state index contributed by atoms with van der Waals surface area (Å²) in [4.78, 5) is 40.1. The van der Waals surface area contributed by atoms with Gasteiger partial charge in [0, 0.05) is 68.3 Å². The van der Waals surface area contributed by atoms with Gasteiger partial charge in [-0.1, -0.05) is 56.3 Å². The minimum absolute atomic E-state index is 0.0304. The van der Waals surface area contributed by atoms with E-state index in [-0.39, 0.29) is 17.7 Å². The lowest BCUT2D eigenvalue weighted by molar-refractivity contribution is -0.127. The topological polar surface area (TPSA) is 104 Å².